The van der Waals surface area contributed by atoms with Crippen LogP contribution in [0.3, 0.4) is 0 Å². The second kappa shape index (κ2) is 5.21. The van der Waals surface area contributed by atoms with E-state index in [2.05, 4.69) is 5.32 Å². The third-order valence-corrected chi connectivity index (χ3v) is 2.53. The van der Waals surface area contributed by atoms with Gasteiger partial charge in [-0.05, 0) is 12.1 Å². The van der Waals surface area contributed by atoms with Gasteiger partial charge < -0.3 is 16.2 Å². The molecule has 0 aliphatic carbocycles. The second-order valence-electron chi connectivity index (χ2n) is 2.84. The van der Waals surface area contributed by atoms with Gasteiger partial charge in [0.1, 0.15) is 0 Å². The highest BCUT2D eigenvalue weighted by atomic mass is 35.5. The first kappa shape index (κ1) is 12.1. The topological polar surface area (TPSA) is 75.4 Å². The van der Waals surface area contributed by atoms with E-state index in [9.17, 15) is 4.79 Å². The molecule has 0 radical (unpaired) electrons. The van der Waals surface area contributed by atoms with Crippen molar-refractivity contribution in [1.82, 2.24) is 5.32 Å². The fraction of sp³-hybridized carbons (Fsp3) is 0.222. The lowest BCUT2D eigenvalue weighted by Crippen LogP contribution is -2.26. The normalized spacial score (nSPS) is 10.1. The van der Waals surface area contributed by atoms with Crippen LogP contribution < -0.4 is 11.1 Å². The maximum Gasteiger partial charge on any atom is 0.251 e. The number of carbonyl (C=O) groups excluding carboxylic acids is 1. The van der Waals surface area contributed by atoms with Gasteiger partial charge in [-0.2, -0.15) is 0 Å². The van der Waals surface area contributed by atoms with Crippen LogP contribution in [0.1, 0.15) is 10.4 Å². The van der Waals surface area contributed by atoms with Gasteiger partial charge in [-0.1, -0.05) is 23.2 Å². The fourth-order valence-electron chi connectivity index (χ4n) is 1.01. The Morgan fingerprint density at radius 3 is 2.67 bits per heavy atom. The van der Waals surface area contributed by atoms with E-state index < -0.39 is 0 Å². The van der Waals surface area contributed by atoms with Gasteiger partial charge >= 0.3 is 0 Å². The number of nitrogen functional groups attached to an aromatic ring is 1. The summed E-state index contributed by atoms with van der Waals surface area (Å²) in [6.45, 7) is 0.0571. The van der Waals surface area contributed by atoms with E-state index in [1.807, 2.05) is 0 Å². The summed E-state index contributed by atoms with van der Waals surface area (Å²) in [5.41, 5.74) is 6.11. The number of aliphatic hydroxyl groups is 1. The zero-order valence-electron chi connectivity index (χ0n) is 7.76. The summed E-state index contributed by atoms with van der Waals surface area (Å²) in [6.07, 6.45) is 0. The number of hydrogen-bond donors (Lipinski definition) is 3. The van der Waals surface area contributed by atoms with Crippen molar-refractivity contribution in [2.75, 3.05) is 18.9 Å². The van der Waals surface area contributed by atoms with Gasteiger partial charge in [0.2, 0.25) is 0 Å². The van der Waals surface area contributed by atoms with Crippen LogP contribution in [-0.2, 0) is 0 Å². The van der Waals surface area contributed by atoms with E-state index in [1.165, 1.54) is 12.1 Å². The Labute approximate surface area is 97.0 Å². The molecule has 0 atom stereocenters. The molecule has 4 nitrogen and oxygen atoms in total. The minimum Gasteiger partial charge on any atom is -0.397 e. The lowest BCUT2D eigenvalue weighted by atomic mass is 10.2. The van der Waals surface area contributed by atoms with Crippen molar-refractivity contribution in [3.05, 3.63) is 27.7 Å². The number of carbonyl (C=O) groups is 1. The van der Waals surface area contributed by atoms with Crippen molar-refractivity contribution in [3.63, 3.8) is 0 Å². The van der Waals surface area contributed by atoms with E-state index in [1.54, 1.807) is 0 Å². The first-order valence-corrected chi connectivity index (χ1v) is 4.95. The summed E-state index contributed by atoms with van der Waals surface area (Å²) in [5, 5.41) is 11.5. The summed E-state index contributed by atoms with van der Waals surface area (Å²) in [6, 6.07) is 2.86. The Hall–Kier alpha value is -0.970. The van der Waals surface area contributed by atoms with E-state index in [-0.39, 0.29) is 34.8 Å². The molecule has 0 bridgehead atoms. The number of nitrogens with two attached hydrogens (primary N) is 1. The molecule has 82 valence electrons. The molecular formula is C9H10Cl2N2O2. The molecule has 1 aromatic carbocycles. The molecule has 4 N–H and O–H groups in total. The van der Waals surface area contributed by atoms with E-state index in [4.69, 9.17) is 34.0 Å². The van der Waals surface area contributed by atoms with Crippen molar-refractivity contribution in [3.8, 4) is 0 Å². The predicted molar refractivity (Wildman–Crippen MR) is 60.3 cm³/mol. The third kappa shape index (κ3) is 2.99. The number of rotatable bonds is 3. The molecule has 1 aromatic rings. The molecule has 15 heavy (non-hydrogen) atoms. The van der Waals surface area contributed by atoms with Crippen LogP contribution in [0, 0.1) is 0 Å². The van der Waals surface area contributed by atoms with Gasteiger partial charge in [-0.3, -0.25) is 4.79 Å². The molecule has 6 heteroatoms. The maximum absolute atomic E-state index is 11.4. The van der Waals surface area contributed by atoms with Crippen LogP contribution in [0.4, 0.5) is 5.69 Å². The molecule has 0 heterocycles. The summed E-state index contributed by atoms with van der Waals surface area (Å²) < 4.78 is 0. The summed E-state index contributed by atoms with van der Waals surface area (Å²) in [7, 11) is 0. The maximum atomic E-state index is 11.4. The summed E-state index contributed by atoms with van der Waals surface area (Å²) in [5.74, 6) is -0.352. The molecule has 0 fully saturated rings. The number of hydrogen-bond acceptors (Lipinski definition) is 3. The molecule has 0 saturated heterocycles. The van der Waals surface area contributed by atoms with Crippen molar-refractivity contribution in [2.24, 2.45) is 0 Å². The molecule has 0 aliphatic heterocycles. The summed E-state index contributed by atoms with van der Waals surface area (Å²) in [4.78, 5) is 11.4. The number of nitrogens with one attached hydrogen (secondary N) is 1. The van der Waals surface area contributed by atoms with Crippen molar-refractivity contribution in [1.29, 1.82) is 0 Å². The predicted octanol–water partition coefficient (Wildman–Crippen LogP) is 1.30. The van der Waals surface area contributed by atoms with Gasteiger partial charge in [0, 0.05) is 12.1 Å². The zero-order chi connectivity index (χ0) is 11.4. The van der Waals surface area contributed by atoms with Gasteiger partial charge in [0.25, 0.3) is 5.91 Å². The number of benzene rings is 1. The second-order valence-corrected chi connectivity index (χ2v) is 3.63. The van der Waals surface area contributed by atoms with Gasteiger partial charge in [-0.15, -0.1) is 0 Å². The lowest BCUT2D eigenvalue weighted by Gasteiger charge is -2.06. The number of halogens is 2. The first-order chi connectivity index (χ1) is 7.06. The van der Waals surface area contributed by atoms with Gasteiger partial charge in [0.15, 0.2) is 0 Å². The molecule has 0 saturated carbocycles. The van der Waals surface area contributed by atoms with Crippen LogP contribution in [0.25, 0.3) is 0 Å². The Kier molecular flexibility index (Phi) is 4.20. The highest BCUT2D eigenvalue weighted by molar-refractivity contribution is 6.43. The van der Waals surface area contributed by atoms with Crippen molar-refractivity contribution >= 4 is 34.8 Å². The molecule has 1 amide bonds. The van der Waals surface area contributed by atoms with Gasteiger partial charge in [-0.25, -0.2) is 0 Å². The molecular weight excluding hydrogens is 239 g/mol. The average Bonchev–Trinajstić information content (AvgIpc) is 2.21. The monoisotopic (exact) mass is 248 g/mol. The number of amides is 1. The standard InChI is InChI=1S/C9H10Cl2N2O2/c10-6-3-5(4-7(12)8(6)11)9(15)13-1-2-14/h3-4,14H,1-2,12H2,(H,13,15). The largest absolute Gasteiger partial charge is 0.397 e. The molecule has 0 unspecified atom stereocenters. The molecule has 0 aliphatic rings. The minimum atomic E-state index is -0.352. The van der Waals surface area contributed by atoms with E-state index in [0.29, 0.717) is 5.56 Å². The van der Waals surface area contributed by atoms with Gasteiger partial charge in [0.05, 0.1) is 22.3 Å². The Bertz CT molecular complexity index is 359. The fourth-order valence-corrected chi connectivity index (χ4v) is 1.35. The van der Waals surface area contributed by atoms with Crippen LogP contribution >= 0.6 is 23.2 Å². The summed E-state index contributed by atoms with van der Waals surface area (Å²) >= 11 is 11.5. The number of aliphatic hydroxyl groups excluding tert-OH is 1. The zero-order valence-corrected chi connectivity index (χ0v) is 9.27. The smallest absolute Gasteiger partial charge is 0.251 e. The molecule has 1 rings (SSSR count). The van der Waals surface area contributed by atoms with Crippen LogP contribution in [0.5, 0.6) is 0 Å². The first-order valence-electron chi connectivity index (χ1n) is 4.20. The minimum absolute atomic E-state index is 0.122. The van der Waals surface area contributed by atoms with Crippen LogP contribution in [-0.4, -0.2) is 24.2 Å². The Morgan fingerprint density at radius 2 is 2.13 bits per heavy atom. The quantitative estimate of drug-likeness (QED) is 0.706. The highest BCUT2D eigenvalue weighted by Gasteiger charge is 2.10. The average molecular weight is 249 g/mol. The highest BCUT2D eigenvalue weighted by Crippen LogP contribution is 2.29. The van der Waals surface area contributed by atoms with Crippen molar-refractivity contribution in [2.45, 2.75) is 0 Å². The van der Waals surface area contributed by atoms with E-state index >= 15 is 0 Å². The Balaban J connectivity index is 2.91. The molecule has 0 aromatic heterocycles. The van der Waals surface area contributed by atoms with E-state index in [0.717, 1.165) is 0 Å². The Morgan fingerprint density at radius 1 is 1.47 bits per heavy atom. The lowest BCUT2D eigenvalue weighted by molar-refractivity contribution is 0.0945. The number of anilines is 1. The molecule has 0 spiro atoms. The SMILES string of the molecule is Nc1cc(C(=O)NCCO)cc(Cl)c1Cl. The van der Waals surface area contributed by atoms with Crippen LogP contribution in [0.15, 0.2) is 12.1 Å². The van der Waals surface area contributed by atoms with Crippen LogP contribution in [0.2, 0.25) is 10.0 Å². The third-order valence-electron chi connectivity index (χ3n) is 1.72. The van der Waals surface area contributed by atoms with Crippen molar-refractivity contribution < 1.29 is 9.90 Å².